The van der Waals surface area contributed by atoms with Gasteiger partial charge in [-0.1, -0.05) is 11.2 Å². The van der Waals surface area contributed by atoms with E-state index < -0.39 is 0 Å². The highest BCUT2D eigenvalue weighted by Crippen LogP contribution is 2.31. The van der Waals surface area contributed by atoms with Crippen LogP contribution in [0.2, 0.25) is 0 Å². The van der Waals surface area contributed by atoms with Gasteiger partial charge in [0.15, 0.2) is 5.84 Å². The highest BCUT2D eigenvalue weighted by molar-refractivity contribution is 9.10. The summed E-state index contributed by atoms with van der Waals surface area (Å²) in [5, 5.41) is 12.0. The van der Waals surface area contributed by atoms with E-state index >= 15 is 0 Å². The van der Waals surface area contributed by atoms with Crippen LogP contribution in [0.25, 0.3) is 0 Å². The number of hydrogen-bond acceptors (Lipinski definition) is 4. The van der Waals surface area contributed by atoms with Crippen molar-refractivity contribution in [3.8, 4) is 5.75 Å². The van der Waals surface area contributed by atoms with Crippen molar-refractivity contribution in [3.63, 3.8) is 0 Å². The first-order chi connectivity index (χ1) is 9.65. The summed E-state index contributed by atoms with van der Waals surface area (Å²) in [6.07, 6.45) is 4.33. The van der Waals surface area contributed by atoms with Crippen molar-refractivity contribution in [2.45, 2.75) is 37.9 Å². The average Bonchev–Trinajstić information content (AvgIpc) is 2.47. The van der Waals surface area contributed by atoms with Crippen LogP contribution in [0.15, 0.2) is 27.8 Å². The highest BCUT2D eigenvalue weighted by atomic mass is 79.9. The highest BCUT2D eigenvalue weighted by Gasteiger charge is 2.24. The molecule has 1 aromatic carbocycles. The van der Waals surface area contributed by atoms with Gasteiger partial charge in [-0.25, -0.2) is 0 Å². The van der Waals surface area contributed by atoms with Crippen LogP contribution in [0.1, 0.15) is 31.2 Å². The zero-order valence-electron chi connectivity index (χ0n) is 11.4. The first-order valence-corrected chi connectivity index (χ1v) is 7.41. The van der Waals surface area contributed by atoms with Gasteiger partial charge in [0.25, 0.3) is 0 Å². The van der Waals surface area contributed by atoms with Crippen LogP contribution >= 0.6 is 15.9 Å². The lowest BCUT2D eigenvalue weighted by molar-refractivity contribution is 0.0209. The first-order valence-electron chi connectivity index (χ1n) is 6.61. The predicted molar refractivity (Wildman–Crippen MR) is 80.3 cm³/mol. The number of rotatable bonds is 4. The Morgan fingerprint density at radius 3 is 2.85 bits per heavy atom. The fourth-order valence-electron chi connectivity index (χ4n) is 2.50. The summed E-state index contributed by atoms with van der Waals surface area (Å²) in [7, 11) is 1.73. The molecule has 1 saturated carbocycles. The first kappa shape index (κ1) is 15.1. The summed E-state index contributed by atoms with van der Waals surface area (Å²) >= 11 is 3.40. The van der Waals surface area contributed by atoms with Crippen molar-refractivity contribution in [3.05, 3.63) is 28.2 Å². The molecule has 1 aromatic rings. The second kappa shape index (κ2) is 6.95. The molecule has 2 rings (SSSR count). The Labute approximate surface area is 126 Å². The molecule has 0 aliphatic heterocycles. The molecule has 1 fully saturated rings. The van der Waals surface area contributed by atoms with Crippen LogP contribution < -0.4 is 10.5 Å². The maximum Gasteiger partial charge on any atom is 0.174 e. The summed E-state index contributed by atoms with van der Waals surface area (Å²) < 4.78 is 12.2. The van der Waals surface area contributed by atoms with E-state index in [4.69, 9.17) is 20.4 Å². The van der Waals surface area contributed by atoms with Gasteiger partial charge in [0, 0.05) is 18.0 Å². The van der Waals surface area contributed by atoms with Gasteiger partial charge < -0.3 is 20.4 Å². The van der Waals surface area contributed by atoms with Crippen molar-refractivity contribution >= 4 is 21.8 Å². The number of halogens is 1. The van der Waals surface area contributed by atoms with E-state index in [9.17, 15) is 0 Å². The summed E-state index contributed by atoms with van der Waals surface area (Å²) in [6.45, 7) is 0. The molecule has 20 heavy (non-hydrogen) atoms. The lowest BCUT2D eigenvalue weighted by Crippen LogP contribution is -2.30. The van der Waals surface area contributed by atoms with Crippen LogP contribution in [0.5, 0.6) is 5.75 Å². The van der Waals surface area contributed by atoms with E-state index in [1.807, 2.05) is 18.2 Å². The molecular weight excluding hydrogens is 324 g/mol. The monoisotopic (exact) mass is 342 g/mol. The Morgan fingerprint density at radius 2 is 2.15 bits per heavy atom. The lowest BCUT2D eigenvalue weighted by atomic mass is 9.95. The second-order valence-electron chi connectivity index (χ2n) is 4.86. The Kier molecular flexibility index (Phi) is 5.25. The molecule has 0 saturated heterocycles. The van der Waals surface area contributed by atoms with Gasteiger partial charge in [0.1, 0.15) is 11.9 Å². The van der Waals surface area contributed by atoms with Crippen LogP contribution in [-0.4, -0.2) is 30.4 Å². The normalized spacial score (nSPS) is 23.6. The maximum absolute atomic E-state index is 8.89. The zero-order chi connectivity index (χ0) is 14.5. The molecular formula is C14H19BrN2O3. The van der Waals surface area contributed by atoms with Gasteiger partial charge >= 0.3 is 0 Å². The van der Waals surface area contributed by atoms with Crippen molar-refractivity contribution in [1.29, 1.82) is 0 Å². The van der Waals surface area contributed by atoms with Gasteiger partial charge in [-0.15, -0.1) is 0 Å². The van der Waals surface area contributed by atoms with Crippen LogP contribution in [0.3, 0.4) is 0 Å². The zero-order valence-corrected chi connectivity index (χ0v) is 13.0. The number of benzene rings is 1. The molecule has 0 heterocycles. The standard InChI is InChI=1S/C14H19BrN2O3/c1-19-9-4-2-5-10(8-9)20-12-7-3-6-11(15)13(12)14(16)17-18/h3,6-7,9-10,18H,2,4-5,8H2,1H3,(H2,16,17). The second-order valence-corrected chi connectivity index (χ2v) is 5.72. The minimum atomic E-state index is 0.0339. The van der Waals surface area contributed by atoms with E-state index in [1.54, 1.807) is 7.11 Å². The Morgan fingerprint density at radius 1 is 1.40 bits per heavy atom. The predicted octanol–water partition coefficient (Wildman–Crippen LogP) is 2.88. The summed E-state index contributed by atoms with van der Waals surface area (Å²) in [5.74, 6) is 0.656. The number of methoxy groups -OCH3 is 1. The number of nitrogens with two attached hydrogens (primary N) is 1. The summed E-state index contributed by atoms with van der Waals surface area (Å²) in [6, 6.07) is 5.53. The van der Waals surface area contributed by atoms with E-state index in [0.717, 1.165) is 30.2 Å². The number of amidine groups is 1. The lowest BCUT2D eigenvalue weighted by Gasteiger charge is -2.29. The van der Waals surface area contributed by atoms with Gasteiger partial charge in [-0.2, -0.15) is 0 Å². The number of ether oxygens (including phenoxy) is 2. The SMILES string of the molecule is COC1CCCC(Oc2cccc(Br)c2/C(N)=N/O)C1. The van der Waals surface area contributed by atoms with Crippen molar-refractivity contribution in [1.82, 2.24) is 0 Å². The van der Waals surface area contributed by atoms with E-state index in [-0.39, 0.29) is 18.0 Å². The van der Waals surface area contributed by atoms with E-state index in [0.29, 0.717) is 11.3 Å². The molecule has 0 amide bonds. The van der Waals surface area contributed by atoms with Gasteiger partial charge in [0.05, 0.1) is 11.7 Å². The molecule has 2 unspecified atom stereocenters. The van der Waals surface area contributed by atoms with Crippen molar-refractivity contribution < 1.29 is 14.7 Å². The Balaban J connectivity index is 2.19. The minimum absolute atomic E-state index is 0.0339. The molecule has 2 atom stereocenters. The third kappa shape index (κ3) is 3.43. The van der Waals surface area contributed by atoms with Crippen molar-refractivity contribution in [2.24, 2.45) is 10.9 Å². The molecule has 1 aliphatic carbocycles. The molecule has 6 heteroatoms. The fraction of sp³-hybridized carbons (Fsp3) is 0.500. The van der Waals surface area contributed by atoms with Gasteiger partial charge in [-0.3, -0.25) is 0 Å². The Bertz CT molecular complexity index is 493. The molecule has 0 aromatic heterocycles. The fourth-order valence-corrected chi connectivity index (χ4v) is 3.06. The molecule has 3 N–H and O–H groups in total. The third-order valence-corrected chi connectivity index (χ3v) is 4.21. The van der Waals surface area contributed by atoms with E-state index in [1.165, 1.54) is 0 Å². The maximum atomic E-state index is 8.89. The van der Waals surface area contributed by atoms with Crippen LogP contribution in [0, 0.1) is 0 Å². The largest absolute Gasteiger partial charge is 0.490 e. The van der Waals surface area contributed by atoms with Gasteiger partial charge in [0.2, 0.25) is 0 Å². The quantitative estimate of drug-likeness (QED) is 0.381. The number of nitrogens with zero attached hydrogens (tertiary/aromatic N) is 1. The van der Waals surface area contributed by atoms with Gasteiger partial charge in [-0.05, 0) is 47.3 Å². The molecule has 5 nitrogen and oxygen atoms in total. The third-order valence-electron chi connectivity index (χ3n) is 3.54. The summed E-state index contributed by atoms with van der Waals surface area (Å²) in [4.78, 5) is 0. The smallest absolute Gasteiger partial charge is 0.174 e. The average molecular weight is 343 g/mol. The molecule has 0 bridgehead atoms. The number of hydrogen-bond donors (Lipinski definition) is 2. The Hall–Kier alpha value is -1.27. The molecule has 1 aliphatic rings. The molecule has 0 radical (unpaired) electrons. The minimum Gasteiger partial charge on any atom is -0.490 e. The topological polar surface area (TPSA) is 77.1 Å². The van der Waals surface area contributed by atoms with E-state index in [2.05, 4.69) is 21.1 Å². The van der Waals surface area contributed by atoms with Crippen molar-refractivity contribution in [2.75, 3.05) is 7.11 Å². The molecule has 0 spiro atoms. The molecule has 110 valence electrons. The van der Waals surface area contributed by atoms with Crippen LogP contribution in [0.4, 0.5) is 0 Å². The number of oxime groups is 1. The summed E-state index contributed by atoms with van der Waals surface area (Å²) in [5.41, 5.74) is 6.30. The van der Waals surface area contributed by atoms with Crippen LogP contribution in [-0.2, 0) is 4.74 Å².